The number of hydrogen-bond acceptors (Lipinski definition) is 6. The Morgan fingerprint density at radius 2 is 1.47 bits per heavy atom. The van der Waals surface area contributed by atoms with Gasteiger partial charge in [-0.3, -0.25) is 4.79 Å². The van der Waals surface area contributed by atoms with Gasteiger partial charge in [0.05, 0.1) is 28.4 Å². The Morgan fingerprint density at radius 3 is 2.09 bits per heavy atom. The molecular formula is C27H26FNO5. The predicted octanol–water partition coefficient (Wildman–Crippen LogP) is 5.84. The van der Waals surface area contributed by atoms with E-state index in [0.717, 1.165) is 22.9 Å². The fourth-order valence-corrected chi connectivity index (χ4v) is 3.25. The molecule has 0 atom stereocenters. The monoisotopic (exact) mass is 463 g/mol. The molecule has 0 saturated heterocycles. The quantitative estimate of drug-likeness (QED) is 0.232. The molecule has 0 spiro atoms. The average molecular weight is 464 g/mol. The van der Waals surface area contributed by atoms with Crippen molar-refractivity contribution in [3.63, 3.8) is 0 Å². The van der Waals surface area contributed by atoms with Gasteiger partial charge in [0.15, 0.2) is 28.8 Å². The van der Waals surface area contributed by atoms with Gasteiger partial charge in [-0.1, -0.05) is 24.3 Å². The predicted molar refractivity (Wildman–Crippen MR) is 132 cm³/mol. The first kappa shape index (κ1) is 24.4. The molecule has 0 radical (unpaired) electrons. The topological polar surface area (TPSA) is 66.0 Å². The molecule has 3 aromatic carbocycles. The Morgan fingerprint density at radius 1 is 0.794 bits per heavy atom. The Bertz CT molecular complexity index is 1190. The Kier molecular flexibility index (Phi) is 8.29. The third-order valence-electron chi connectivity index (χ3n) is 4.96. The minimum Gasteiger partial charge on any atom is -0.494 e. The second kappa shape index (κ2) is 11.6. The van der Waals surface area contributed by atoms with E-state index in [1.165, 1.54) is 31.5 Å². The van der Waals surface area contributed by atoms with Gasteiger partial charge in [0.25, 0.3) is 0 Å². The lowest BCUT2D eigenvalue weighted by atomic mass is 10.1. The van der Waals surface area contributed by atoms with Crippen molar-refractivity contribution in [2.75, 3.05) is 33.8 Å². The summed E-state index contributed by atoms with van der Waals surface area (Å²) in [5.74, 6) is 0.864. The van der Waals surface area contributed by atoms with Crippen molar-refractivity contribution >= 4 is 23.6 Å². The Hall–Kier alpha value is -4.26. The summed E-state index contributed by atoms with van der Waals surface area (Å²) in [7, 11) is 6.08. The molecule has 0 saturated carbocycles. The minimum absolute atomic E-state index is 0.0926. The molecule has 0 heterocycles. The van der Waals surface area contributed by atoms with Gasteiger partial charge in [0.2, 0.25) is 5.75 Å². The van der Waals surface area contributed by atoms with Crippen molar-refractivity contribution in [1.29, 1.82) is 0 Å². The summed E-state index contributed by atoms with van der Waals surface area (Å²) in [6.07, 6.45) is 6.74. The van der Waals surface area contributed by atoms with Crippen LogP contribution < -0.4 is 24.3 Å². The molecule has 3 rings (SSSR count). The second-order valence-electron chi connectivity index (χ2n) is 7.11. The Labute approximate surface area is 198 Å². The van der Waals surface area contributed by atoms with E-state index in [9.17, 15) is 9.18 Å². The molecule has 0 bridgehead atoms. The first-order chi connectivity index (χ1) is 16.5. The summed E-state index contributed by atoms with van der Waals surface area (Å²) in [4.78, 5) is 12.3. The van der Waals surface area contributed by atoms with Crippen molar-refractivity contribution in [3.05, 3.63) is 89.4 Å². The molecule has 0 aliphatic heterocycles. The zero-order valence-corrected chi connectivity index (χ0v) is 19.4. The molecule has 0 fully saturated rings. The average Bonchev–Trinajstić information content (AvgIpc) is 2.86. The number of rotatable bonds is 10. The fourth-order valence-electron chi connectivity index (χ4n) is 3.25. The largest absolute Gasteiger partial charge is 0.494 e. The molecule has 0 unspecified atom stereocenters. The van der Waals surface area contributed by atoms with Gasteiger partial charge in [-0.25, -0.2) is 4.39 Å². The first-order valence-corrected chi connectivity index (χ1v) is 10.4. The SMILES string of the molecule is COc1ccc(C(=O)/C=C\Nc2cccc(/C=C\c3cc(OC)c(OC)c(OC)c3)c2)cc1F. The van der Waals surface area contributed by atoms with E-state index in [1.807, 2.05) is 48.6 Å². The van der Waals surface area contributed by atoms with E-state index in [0.29, 0.717) is 17.2 Å². The van der Waals surface area contributed by atoms with Crippen molar-refractivity contribution in [1.82, 2.24) is 0 Å². The molecule has 3 aromatic rings. The lowest BCUT2D eigenvalue weighted by Crippen LogP contribution is -1.98. The molecule has 6 nitrogen and oxygen atoms in total. The van der Waals surface area contributed by atoms with Crippen LogP contribution in [0.15, 0.2) is 66.9 Å². The number of ketones is 1. The highest BCUT2D eigenvalue weighted by atomic mass is 19.1. The molecule has 7 heteroatoms. The third kappa shape index (κ3) is 5.95. The molecule has 1 N–H and O–H groups in total. The molecular weight excluding hydrogens is 437 g/mol. The van der Waals surface area contributed by atoms with Crippen LogP contribution in [0.1, 0.15) is 21.5 Å². The van der Waals surface area contributed by atoms with E-state index < -0.39 is 5.82 Å². The van der Waals surface area contributed by atoms with Crippen LogP contribution in [0.5, 0.6) is 23.0 Å². The number of carbonyl (C=O) groups is 1. The van der Waals surface area contributed by atoms with Gasteiger partial charge >= 0.3 is 0 Å². The Balaban J connectivity index is 1.70. The van der Waals surface area contributed by atoms with Gasteiger partial charge in [-0.15, -0.1) is 0 Å². The van der Waals surface area contributed by atoms with Crippen LogP contribution in [0.2, 0.25) is 0 Å². The summed E-state index contributed by atoms with van der Waals surface area (Å²) >= 11 is 0. The molecule has 176 valence electrons. The fraction of sp³-hybridized carbons (Fsp3) is 0.148. The maximum atomic E-state index is 13.8. The number of hydrogen-bond donors (Lipinski definition) is 1. The van der Waals surface area contributed by atoms with Crippen LogP contribution in [0, 0.1) is 5.82 Å². The lowest BCUT2D eigenvalue weighted by molar-refractivity contribution is 0.104. The van der Waals surface area contributed by atoms with E-state index in [2.05, 4.69) is 5.32 Å². The van der Waals surface area contributed by atoms with Crippen LogP contribution in [0.4, 0.5) is 10.1 Å². The summed E-state index contributed by atoms with van der Waals surface area (Å²) in [6, 6.07) is 15.5. The molecule has 0 aliphatic rings. The highest BCUT2D eigenvalue weighted by Gasteiger charge is 2.12. The van der Waals surface area contributed by atoms with E-state index in [1.54, 1.807) is 21.3 Å². The van der Waals surface area contributed by atoms with Crippen molar-refractivity contribution in [2.24, 2.45) is 0 Å². The molecule has 0 amide bonds. The summed E-state index contributed by atoms with van der Waals surface area (Å²) in [6.45, 7) is 0. The highest BCUT2D eigenvalue weighted by Crippen LogP contribution is 2.38. The van der Waals surface area contributed by atoms with E-state index in [4.69, 9.17) is 18.9 Å². The van der Waals surface area contributed by atoms with Crippen molar-refractivity contribution < 1.29 is 28.1 Å². The van der Waals surface area contributed by atoms with Gasteiger partial charge in [-0.2, -0.15) is 0 Å². The number of benzene rings is 3. The van der Waals surface area contributed by atoms with Crippen LogP contribution >= 0.6 is 0 Å². The summed E-state index contributed by atoms with van der Waals surface area (Å²) < 4.78 is 34.8. The normalized spacial score (nSPS) is 11.0. The summed E-state index contributed by atoms with van der Waals surface area (Å²) in [5, 5.41) is 3.06. The number of carbonyl (C=O) groups excluding carboxylic acids is 1. The second-order valence-corrected chi connectivity index (χ2v) is 7.11. The van der Waals surface area contributed by atoms with Gasteiger partial charge in [0.1, 0.15) is 0 Å². The lowest BCUT2D eigenvalue weighted by Gasteiger charge is -2.12. The van der Waals surface area contributed by atoms with E-state index in [-0.39, 0.29) is 17.1 Å². The van der Waals surface area contributed by atoms with Gasteiger partial charge < -0.3 is 24.3 Å². The van der Waals surface area contributed by atoms with Gasteiger partial charge in [-0.05, 0) is 53.6 Å². The van der Waals surface area contributed by atoms with Crippen LogP contribution in [0.3, 0.4) is 0 Å². The molecule has 0 aromatic heterocycles. The van der Waals surface area contributed by atoms with Crippen LogP contribution in [-0.4, -0.2) is 34.2 Å². The van der Waals surface area contributed by atoms with Crippen LogP contribution in [-0.2, 0) is 0 Å². The third-order valence-corrected chi connectivity index (χ3v) is 4.96. The first-order valence-electron chi connectivity index (χ1n) is 10.4. The van der Waals surface area contributed by atoms with E-state index >= 15 is 0 Å². The van der Waals surface area contributed by atoms with Crippen LogP contribution in [0.25, 0.3) is 12.2 Å². The van der Waals surface area contributed by atoms with Gasteiger partial charge in [0, 0.05) is 23.5 Å². The zero-order valence-electron chi connectivity index (χ0n) is 19.4. The number of ether oxygens (including phenoxy) is 4. The smallest absolute Gasteiger partial charge is 0.203 e. The maximum absolute atomic E-state index is 13.8. The molecule has 0 aliphatic carbocycles. The number of anilines is 1. The number of allylic oxidation sites excluding steroid dienone is 1. The minimum atomic E-state index is -0.582. The maximum Gasteiger partial charge on any atom is 0.203 e. The molecule has 34 heavy (non-hydrogen) atoms. The van der Waals surface area contributed by atoms with Crippen molar-refractivity contribution in [3.8, 4) is 23.0 Å². The highest BCUT2D eigenvalue weighted by molar-refractivity contribution is 6.04. The summed E-state index contributed by atoms with van der Waals surface area (Å²) in [5.41, 5.74) is 2.84. The standard InChI is InChI=1S/C27H26FNO5/c1-31-24-11-10-20(17-22(24)28)23(30)12-13-29-21-7-5-6-18(14-21)8-9-19-15-25(32-2)27(34-4)26(16-19)33-3/h5-17,29H,1-4H3/b9-8-,13-12-. The number of methoxy groups -OCH3 is 4. The number of nitrogens with one attached hydrogen (secondary N) is 1. The zero-order chi connectivity index (χ0) is 24.5. The van der Waals surface area contributed by atoms with Crippen molar-refractivity contribution in [2.45, 2.75) is 0 Å². The number of halogens is 1.